The highest BCUT2D eigenvalue weighted by atomic mass is 16.6. The van der Waals surface area contributed by atoms with Crippen molar-refractivity contribution in [1.29, 1.82) is 0 Å². The number of ether oxygens (including phenoxy) is 1. The molecule has 0 aliphatic carbocycles. The first-order valence-electron chi connectivity index (χ1n) is 6.33. The van der Waals surface area contributed by atoms with Crippen molar-refractivity contribution in [3.63, 3.8) is 0 Å². The smallest absolute Gasteiger partial charge is 0.231 e. The summed E-state index contributed by atoms with van der Waals surface area (Å²) in [6, 6.07) is 0. The topological polar surface area (TPSA) is 152 Å². The first-order valence-corrected chi connectivity index (χ1v) is 6.33. The largest absolute Gasteiger partial charge is 0.394 e. The Kier molecular flexibility index (Phi) is 3.26. The molecule has 0 bridgehead atoms. The lowest BCUT2D eigenvalue weighted by atomic mass is 10.1. The molecule has 0 unspecified atom stereocenters. The van der Waals surface area contributed by atoms with Crippen molar-refractivity contribution >= 4 is 17.0 Å². The maximum Gasteiger partial charge on any atom is 0.231 e. The summed E-state index contributed by atoms with van der Waals surface area (Å²) in [5.74, 6) is -1.28. The van der Waals surface area contributed by atoms with Crippen LogP contribution in [0.3, 0.4) is 0 Å². The van der Waals surface area contributed by atoms with Crippen LogP contribution in [0.2, 0.25) is 0 Å². The zero-order valence-electron chi connectivity index (χ0n) is 11.2. The van der Waals surface area contributed by atoms with Crippen LogP contribution in [0.15, 0.2) is 12.7 Å². The van der Waals surface area contributed by atoms with Crippen LogP contribution < -0.4 is 11.1 Å². The van der Waals surface area contributed by atoms with Crippen LogP contribution in [-0.4, -0.2) is 66.8 Å². The molecule has 10 nitrogen and oxygen atoms in total. The van der Waals surface area contributed by atoms with E-state index in [0.717, 1.165) is 0 Å². The van der Waals surface area contributed by atoms with Gasteiger partial charge in [0.05, 0.1) is 6.61 Å². The van der Waals surface area contributed by atoms with Crippen molar-refractivity contribution in [2.45, 2.75) is 24.2 Å². The number of nitrogens with two attached hydrogens (primary N) is 1. The van der Waals surface area contributed by atoms with Gasteiger partial charge in [-0.2, -0.15) is 0 Å². The minimum absolute atomic E-state index is 0.335. The van der Waals surface area contributed by atoms with E-state index in [1.54, 1.807) is 7.05 Å². The second kappa shape index (κ2) is 4.86. The molecule has 3 heterocycles. The molecule has 0 aromatic carbocycles. The molecule has 2 aromatic rings. The molecule has 1 fully saturated rings. The molecule has 0 radical (unpaired) electrons. The second-order valence-corrected chi connectivity index (χ2v) is 4.79. The van der Waals surface area contributed by atoms with Gasteiger partial charge in [-0.15, -0.1) is 0 Å². The third-order valence-electron chi connectivity index (χ3n) is 3.60. The summed E-state index contributed by atoms with van der Waals surface area (Å²) in [5, 5.41) is 32.1. The Bertz CT molecular complexity index is 663. The van der Waals surface area contributed by atoms with Crippen LogP contribution in [0.4, 0.5) is 5.82 Å². The van der Waals surface area contributed by atoms with E-state index in [9.17, 15) is 10.2 Å². The van der Waals surface area contributed by atoms with E-state index in [-0.39, 0.29) is 0 Å². The Labute approximate surface area is 119 Å². The Morgan fingerprint density at radius 1 is 1.43 bits per heavy atom. The third-order valence-corrected chi connectivity index (χ3v) is 3.60. The molecule has 6 N–H and O–H groups in total. The number of aliphatic hydroxyl groups is 3. The van der Waals surface area contributed by atoms with Gasteiger partial charge in [-0.25, -0.2) is 15.0 Å². The number of fused-ring (bicyclic) bond motifs is 1. The minimum Gasteiger partial charge on any atom is -0.394 e. The summed E-state index contributed by atoms with van der Waals surface area (Å²) in [7, 11) is 1.69. The van der Waals surface area contributed by atoms with Crippen LogP contribution in [0.1, 0.15) is 0 Å². The van der Waals surface area contributed by atoms with E-state index in [2.05, 4.69) is 20.3 Å². The normalized spacial score (nSPS) is 32.7. The van der Waals surface area contributed by atoms with Crippen molar-refractivity contribution < 1.29 is 20.1 Å². The number of aromatic nitrogens is 4. The van der Waals surface area contributed by atoms with Gasteiger partial charge >= 0.3 is 0 Å². The lowest BCUT2D eigenvalue weighted by Crippen LogP contribution is -2.52. The van der Waals surface area contributed by atoms with Crippen molar-refractivity contribution in [1.82, 2.24) is 19.5 Å². The number of nitrogens with one attached hydrogen (secondary N) is 1. The molecule has 4 atom stereocenters. The molecule has 21 heavy (non-hydrogen) atoms. The van der Waals surface area contributed by atoms with Crippen molar-refractivity contribution in [2.75, 3.05) is 19.0 Å². The van der Waals surface area contributed by atoms with Gasteiger partial charge in [0.2, 0.25) is 5.85 Å². The highest BCUT2D eigenvalue weighted by Gasteiger charge is 2.53. The monoisotopic (exact) mass is 296 g/mol. The lowest BCUT2D eigenvalue weighted by Gasteiger charge is -2.28. The molecule has 0 spiro atoms. The van der Waals surface area contributed by atoms with Crippen LogP contribution in [0.5, 0.6) is 0 Å². The standard InChI is InChI=1S/C11H16N6O4/c1-13-9-6-10(15-3-14-9)17(4-16-6)11(12)8(20)7(19)5(2-18)21-11/h3-5,7-8,18-20H,2,12H2,1H3,(H,13,14,15)/t5-,7-,8-,11+/m1/s1. The molecule has 2 aromatic heterocycles. The van der Waals surface area contributed by atoms with Crippen LogP contribution in [0.25, 0.3) is 11.2 Å². The van der Waals surface area contributed by atoms with Crippen molar-refractivity contribution in [2.24, 2.45) is 5.73 Å². The first kappa shape index (κ1) is 14.1. The Morgan fingerprint density at radius 2 is 2.19 bits per heavy atom. The van der Waals surface area contributed by atoms with E-state index in [1.165, 1.54) is 17.2 Å². The molecule has 3 rings (SSSR count). The molecule has 114 valence electrons. The Hall–Kier alpha value is -1.85. The number of anilines is 1. The maximum absolute atomic E-state index is 10.2. The fourth-order valence-electron chi connectivity index (χ4n) is 2.45. The quantitative estimate of drug-likeness (QED) is 0.415. The Balaban J connectivity index is 2.12. The molecule has 1 aliphatic rings. The Morgan fingerprint density at radius 3 is 2.81 bits per heavy atom. The number of imidazole rings is 1. The number of hydrogen-bond donors (Lipinski definition) is 5. The van der Waals surface area contributed by atoms with Gasteiger partial charge in [-0.05, 0) is 0 Å². The molecular weight excluding hydrogens is 280 g/mol. The second-order valence-electron chi connectivity index (χ2n) is 4.79. The number of nitrogens with zero attached hydrogens (tertiary/aromatic N) is 4. The summed E-state index contributed by atoms with van der Waals surface area (Å²) >= 11 is 0. The highest BCUT2D eigenvalue weighted by molar-refractivity contribution is 5.82. The minimum atomic E-state index is -1.78. The van der Waals surface area contributed by atoms with Gasteiger partial charge in [0.1, 0.15) is 31.0 Å². The van der Waals surface area contributed by atoms with Crippen LogP contribution in [-0.2, 0) is 10.6 Å². The summed E-state index contributed by atoms with van der Waals surface area (Å²) in [6.45, 7) is -0.472. The van der Waals surface area contributed by atoms with E-state index in [0.29, 0.717) is 17.0 Å². The molecular formula is C11H16N6O4. The fourth-order valence-corrected chi connectivity index (χ4v) is 2.45. The van der Waals surface area contributed by atoms with Gasteiger partial charge in [-0.1, -0.05) is 0 Å². The van der Waals surface area contributed by atoms with Crippen LogP contribution >= 0.6 is 0 Å². The average Bonchev–Trinajstić information content (AvgIpc) is 3.03. The SMILES string of the molecule is CNc1ncnc2c1ncn2[C@]1(N)O[C@H](CO)[C@@H](O)[C@H]1O. The fraction of sp³-hybridized carbons (Fsp3) is 0.545. The number of aliphatic hydroxyl groups excluding tert-OH is 3. The third kappa shape index (κ3) is 1.88. The van der Waals surface area contributed by atoms with Crippen molar-refractivity contribution in [3.05, 3.63) is 12.7 Å². The van der Waals surface area contributed by atoms with Crippen molar-refractivity contribution in [3.8, 4) is 0 Å². The van der Waals surface area contributed by atoms with Gasteiger partial charge in [0.15, 0.2) is 17.0 Å². The van der Waals surface area contributed by atoms with E-state index in [4.69, 9.17) is 15.6 Å². The molecule has 10 heteroatoms. The van der Waals surface area contributed by atoms with Gasteiger partial charge in [-0.3, -0.25) is 10.3 Å². The predicted octanol–water partition coefficient (Wildman–Crippen LogP) is -2.45. The predicted molar refractivity (Wildman–Crippen MR) is 71.0 cm³/mol. The summed E-state index contributed by atoms with van der Waals surface area (Å²) in [6.07, 6.45) is -1.09. The summed E-state index contributed by atoms with van der Waals surface area (Å²) < 4.78 is 6.73. The first-order chi connectivity index (χ1) is 10.0. The highest BCUT2D eigenvalue weighted by Crippen LogP contribution is 2.33. The van der Waals surface area contributed by atoms with E-state index >= 15 is 0 Å². The zero-order chi connectivity index (χ0) is 15.2. The lowest BCUT2D eigenvalue weighted by molar-refractivity contribution is -0.141. The zero-order valence-corrected chi connectivity index (χ0v) is 11.2. The molecule has 0 saturated carbocycles. The van der Waals surface area contributed by atoms with Crippen LogP contribution in [0, 0.1) is 0 Å². The average molecular weight is 296 g/mol. The number of hydrogen-bond acceptors (Lipinski definition) is 9. The van der Waals surface area contributed by atoms with E-state index in [1.807, 2.05) is 0 Å². The van der Waals surface area contributed by atoms with E-state index < -0.39 is 30.8 Å². The molecule has 1 saturated heterocycles. The summed E-state index contributed by atoms with van der Waals surface area (Å²) in [4.78, 5) is 12.3. The number of rotatable bonds is 3. The van der Waals surface area contributed by atoms with Gasteiger partial charge < -0.3 is 25.4 Å². The summed E-state index contributed by atoms with van der Waals surface area (Å²) in [5.41, 5.74) is 6.86. The van der Waals surface area contributed by atoms with Gasteiger partial charge in [0, 0.05) is 7.05 Å². The molecule has 1 aliphatic heterocycles. The maximum atomic E-state index is 10.2. The van der Waals surface area contributed by atoms with Gasteiger partial charge in [0.25, 0.3) is 0 Å². The molecule has 0 amide bonds.